The third-order valence-corrected chi connectivity index (χ3v) is 4.38. The van der Waals surface area contributed by atoms with E-state index in [0.717, 1.165) is 37.2 Å². The van der Waals surface area contributed by atoms with Gasteiger partial charge in [0.25, 0.3) is 5.91 Å². The molecule has 2 aromatic rings. The number of nitrogens with two attached hydrogens (primary N) is 1. The summed E-state index contributed by atoms with van der Waals surface area (Å²) in [6.45, 7) is 2.47. The van der Waals surface area contributed by atoms with Crippen LogP contribution in [0.5, 0.6) is 0 Å². The first-order valence-electron chi connectivity index (χ1n) is 8.35. The van der Waals surface area contributed by atoms with Crippen molar-refractivity contribution in [2.24, 2.45) is 5.73 Å². The molecule has 2 aromatic heterocycles. The minimum absolute atomic E-state index is 0.00746. The van der Waals surface area contributed by atoms with Crippen LogP contribution >= 0.6 is 0 Å². The van der Waals surface area contributed by atoms with Gasteiger partial charge in [-0.2, -0.15) is 5.10 Å². The maximum absolute atomic E-state index is 12.2. The number of H-pyrrole nitrogens is 1. The second-order valence-corrected chi connectivity index (χ2v) is 6.29. The average molecular weight is 342 g/mol. The fourth-order valence-electron chi connectivity index (χ4n) is 3.09. The number of nitrogens with zero attached hydrogens (tertiary/aromatic N) is 3. The zero-order valence-corrected chi connectivity index (χ0v) is 13.9. The topological polar surface area (TPSA) is 117 Å². The number of nitrogens with one attached hydrogen (secondary N) is 2. The number of pyridine rings is 1. The predicted molar refractivity (Wildman–Crippen MR) is 91.6 cm³/mol. The lowest BCUT2D eigenvalue weighted by Crippen LogP contribution is -2.41. The summed E-state index contributed by atoms with van der Waals surface area (Å²) < 4.78 is 0. The second-order valence-electron chi connectivity index (χ2n) is 6.29. The zero-order chi connectivity index (χ0) is 17.6. The van der Waals surface area contributed by atoms with Crippen molar-refractivity contribution in [3.63, 3.8) is 0 Å². The number of aromatic amines is 1. The Bertz CT molecular complexity index is 730. The number of aromatic nitrogens is 3. The average Bonchev–Trinajstić information content (AvgIpc) is 3.12. The van der Waals surface area contributed by atoms with Crippen molar-refractivity contribution in [3.8, 4) is 0 Å². The van der Waals surface area contributed by atoms with Crippen molar-refractivity contribution in [2.75, 3.05) is 19.6 Å². The van der Waals surface area contributed by atoms with E-state index in [1.807, 2.05) is 12.1 Å². The molecular weight excluding hydrogens is 320 g/mol. The van der Waals surface area contributed by atoms with Gasteiger partial charge in [0.2, 0.25) is 5.91 Å². The van der Waals surface area contributed by atoms with Gasteiger partial charge in [-0.25, -0.2) is 0 Å². The first-order valence-corrected chi connectivity index (χ1v) is 8.35. The Balaban J connectivity index is 1.50. The van der Waals surface area contributed by atoms with Gasteiger partial charge < -0.3 is 11.1 Å². The van der Waals surface area contributed by atoms with Gasteiger partial charge in [-0.1, -0.05) is 6.07 Å². The van der Waals surface area contributed by atoms with Gasteiger partial charge in [0.05, 0.1) is 6.54 Å². The molecule has 132 valence electrons. The Morgan fingerprint density at radius 1 is 1.44 bits per heavy atom. The Kier molecular flexibility index (Phi) is 5.39. The van der Waals surface area contributed by atoms with Crippen molar-refractivity contribution in [1.29, 1.82) is 0 Å². The molecule has 1 atom stereocenters. The minimum atomic E-state index is -0.537. The Morgan fingerprint density at radius 2 is 2.32 bits per heavy atom. The molecule has 25 heavy (non-hydrogen) atoms. The summed E-state index contributed by atoms with van der Waals surface area (Å²) in [4.78, 5) is 29.5. The van der Waals surface area contributed by atoms with Crippen LogP contribution in [0, 0.1) is 0 Å². The van der Waals surface area contributed by atoms with Crippen LogP contribution < -0.4 is 11.1 Å². The van der Waals surface area contributed by atoms with E-state index in [-0.39, 0.29) is 17.5 Å². The molecule has 8 nitrogen and oxygen atoms in total. The van der Waals surface area contributed by atoms with Crippen LogP contribution in [0.25, 0.3) is 0 Å². The summed E-state index contributed by atoms with van der Waals surface area (Å²) in [6.07, 6.45) is 5.43. The molecule has 0 spiro atoms. The van der Waals surface area contributed by atoms with Crippen LogP contribution in [0.1, 0.15) is 40.5 Å². The zero-order valence-electron chi connectivity index (χ0n) is 13.9. The third-order valence-electron chi connectivity index (χ3n) is 4.38. The summed E-state index contributed by atoms with van der Waals surface area (Å²) in [7, 11) is 0. The standard InChI is InChI=1S/C17H22N6O2/c18-17(25)15-7-14(21-22-15)13-4-2-6-23(10-13)11-16(24)20-9-12-3-1-5-19-8-12/h1,3,5,7-8,13H,2,4,6,9-11H2,(H2,18,25)(H,20,24)(H,21,22). The Hall–Kier alpha value is -2.74. The highest BCUT2D eigenvalue weighted by molar-refractivity contribution is 5.90. The number of primary amides is 1. The molecule has 4 N–H and O–H groups in total. The van der Waals surface area contributed by atoms with Crippen molar-refractivity contribution in [3.05, 3.63) is 47.5 Å². The summed E-state index contributed by atoms with van der Waals surface area (Å²) in [5.41, 5.74) is 7.37. The van der Waals surface area contributed by atoms with E-state index in [9.17, 15) is 9.59 Å². The van der Waals surface area contributed by atoms with E-state index < -0.39 is 5.91 Å². The number of carbonyl (C=O) groups excluding carboxylic acids is 2. The van der Waals surface area contributed by atoms with Crippen LogP contribution in [0.15, 0.2) is 30.6 Å². The fourth-order valence-corrected chi connectivity index (χ4v) is 3.09. The van der Waals surface area contributed by atoms with Gasteiger partial charge in [0.15, 0.2) is 0 Å². The second kappa shape index (κ2) is 7.89. The molecule has 1 aliphatic rings. The molecular formula is C17H22N6O2. The third kappa shape index (κ3) is 4.63. The lowest BCUT2D eigenvalue weighted by Gasteiger charge is -2.31. The van der Waals surface area contributed by atoms with E-state index in [1.165, 1.54) is 0 Å². The van der Waals surface area contributed by atoms with E-state index in [0.29, 0.717) is 13.1 Å². The summed E-state index contributed by atoms with van der Waals surface area (Å²) in [5, 5.41) is 9.75. The molecule has 2 amide bonds. The molecule has 8 heteroatoms. The van der Waals surface area contributed by atoms with Crippen molar-refractivity contribution >= 4 is 11.8 Å². The van der Waals surface area contributed by atoms with Gasteiger partial charge in [0, 0.05) is 37.1 Å². The van der Waals surface area contributed by atoms with Crippen molar-refractivity contribution in [2.45, 2.75) is 25.3 Å². The molecule has 1 saturated heterocycles. The quantitative estimate of drug-likeness (QED) is 0.702. The van der Waals surface area contributed by atoms with Crippen LogP contribution in [0.3, 0.4) is 0 Å². The molecule has 3 heterocycles. The normalized spacial score (nSPS) is 18.0. The summed E-state index contributed by atoms with van der Waals surface area (Å²) in [6, 6.07) is 5.49. The van der Waals surface area contributed by atoms with E-state index in [1.54, 1.807) is 18.5 Å². The number of hydrogen-bond donors (Lipinski definition) is 3. The van der Waals surface area contributed by atoms with Gasteiger partial charge in [-0.05, 0) is 37.1 Å². The molecule has 0 saturated carbocycles. The van der Waals surface area contributed by atoms with Gasteiger partial charge in [-0.15, -0.1) is 0 Å². The Labute approximate surface area is 145 Å². The lowest BCUT2D eigenvalue weighted by atomic mass is 9.94. The monoisotopic (exact) mass is 342 g/mol. The summed E-state index contributed by atoms with van der Waals surface area (Å²) >= 11 is 0. The highest BCUT2D eigenvalue weighted by Gasteiger charge is 2.24. The van der Waals surface area contributed by atoms with Crippen LogP contribution in [-0.4, -0.2) is 51.5 Å². The molecule has 1 fully saturated rings. The Morgan fingerprint density at radius 3 is 3.04 bits per heavy atom. The number of amides is 2. The van der Waals surface area contributed by atoms with E-state index in [2.05, 4.69) is 25.4 Å². The highest BCUT2D eigenvalue weighted by Crippen LogP contribution is 2.25. The fraction of sp³-hybridized carbons (Fsp3) is 0.412. The predicted octanol–water partition coefficient (Wildman–Crippen LogP) is 0.399. The lowest BCUT2D eigenvalue weighted by molar-refractivity contribution is -0.122. The maximum atomic E-state index is 12.2. The molecule has 1 aliphatic heterocycles. The van der Waals surface area contributed by atoms with Crippen LogP contribution in [0.4, 0.5) is 0 Å². The molecule has 0 aliphatic carbocycles. The molecule has 3 rings (SSSR count). The summed E-state index contributed by atoms with van der Waals surface area (Å²) in [5.74, 6) is -0.322. The van der Waals surface area contributed by atoms with Gasteiger partial charge >= 0.3 is 0 Å². The number of carbonyl (C=O) groups is 2. The van der Waals surface area contributed by atoms with E-state index in [4.69, 9.17) is 5.73 Å². The van der Waals surface area contributed by atoms with E-state index >= 15 is 0 Å². The molecule has 0 aromatic carbocycles. The number of rotatable bonds is 6. The molecule has 0 bridgehead atoms. The minimum Gasteiger partial charge on any atom is -0.364 e. The van der Waals surface area contributed by atoms with Crippen molar-refractivity contribution in [1.82, 2.24) is 25.4 Å². The smallest absolute Gasteiger partial charge is 0.269 e. The number of hydrogen-bond acceptors (Lipinski definition) is 5. The SMILES string of the molecule is NC(=O)c1cc(C2CCCN(CC(=O)NCc3cccnc3)C2)[nH]n1. The molecule has 1 unspecified atom stereocenters. The maximum Gasteiger partial charge on any atom is 0.269 e. The number of piperidine rings is 1. The van der Waals surface area contributed by atoms with Crippen molar-refractivity contribution < 1.29 is 9.59 Å². The van der Waals surface area contributed by atoms with Gasteiger partial charge in [-0.3, -0.25) is 24.6 Å². The number of likely N-dealkylation sites (tertiary alicyclic amines) is 1. The van der Waals surface area contributed by atoms with Crippen LogP contribution in [0.2, 0.25) is 0 Å². The largest absolute Gasteiger partial charge is 0.364 e. The first-order chi connectivity index (χ1) is 12.1. The van der Waals surface area contributed by atoms with Gasteiger partial charge in [0.1, 0.15) is 5.69 Å². The first kappa shape index (κ1) is 17.1. The highest BCUT2D eigenvalue weighted by atomic mass is 16.2. The van der Waals surface area contributed by atoms with Crippen LogP contribution in [-0.2, 0) is 11.3 Å². The molecule has 0 radical (unpaired) electrons.